The number of methoxy groups -OCH3 is 2. The molecule has 0 spiro atoms. The first kappa shape index (κ1) is 16.1. The van der Waals surface area contributed by atoms with Gasteiger partial charge in [0.2, 0.25) is 0 Å². The summed E-state index contributed by atoms with van der Waals surface area (Å²) in [5, 5.41) is 0.642. The van der Waals surface area contributed by atoms with E-state index in [1.54, 1.807) is 56.7 Å². The van der Waals surface area contributed by atoms with E-state index in [0.717, 1.165) is 5.56 Å². The number of esters is 1. The highest BCUT2D eigenvalue weighted by Crippen LogP contribution is 2.35. The van der Waals surface area contributed by atoms with Crippen LogP contribution in [-0.2, 0) is 9.53 Å². The van der Waals surface area contributed by atoms with Crippen molar-refractivity contribution in [3.63, 3.8) is 0 Å². The Morgan fingerprint density at radius 1 is 1.04 bits per heavy atom. The molecule has 1 aliphatic rings. The summed E-state index contributed by atoms with van der Waals surface area (Å²) < 4.78 is 16.0. The average molecular weight is 343 g/mol. The number of carbonyl (C=O) groups excluding carboxylic acids is 1. The number of hydrogen-bond acceptors (Lipinski definition) is 4. The Labute approximate surface area is 144 Å². The molecule has 0 aromatic heterocycles. The molecule has 0 radical (unpaired) electrons. The van der Waals surface area contributed by atoms with Crippen LogP contribution in [0.2, 0.25) is 5.02 Å². The lowest BCUT2D eigenvalue weighted by molar-refractivity contribution is -0.130. The van der Waals surface area contributed by atoms with Crippen molar-refractivity contribution in [1.82, 2.24) is 0 Å². The second-order valence-corrected chi connectivity index (χ2v) is 5.55. The Morgan fingerprint density at radius 3 is 2.46 bits per heavy atom. The van der Waals surface area contributed by atoms with Gasteiger partial charge in [-0.1, -0.05) is 23.7 Å². The minimum Gasteiger partial charge on any atom is -0.497 e. The monoisotopic (exact) mass is 342 g/mol. The Kier molecular flexibility index (Phi) is 4.58. The number of carbonyl (C=O) groups is 1. The van der Waals surface area contributed by atoms with Crippen molar-refractivity contribution in [3.05, 3.63) is 70.3 Å². The molecule has 4 nitrogen and oxygen atoms in total. The molecular weight excluding hydrogens is 328 g/mol. The summed E-state index contributed by atoms with van der Waals surface area (Å²) in [6, 6.07) is 12.5. The maximum atomic E-state index is 12.1. The highest BCUT2D eigenvalue weighted by atomic mass is 35.5. The van der Waals surface area contributed by atoms with Crippen LogP contribution in [0.4, 0.5) is 0 Å². The standard InChI is InChI=1S/C19H15ClO4/c1-22-15-7-8-17(23-2)16(11-15)18-10-13(19(21)24-18)9-12-3-5-14(20)6-4-12/h3-11H,1-2H3. The van der Waals surface area contributed by atoms with E-state index in [2.05, 4.69) is 0 Å². The van der Waals surface area contributed by atoms with Crippen LogP contribution in [0.5, 0.6) is 11.5 Å². The molecule has 0 unspecified atom stereocenters. The lowest BCUT2D eigenvalue weighted by Crippen LogP contribution is -1.98. The van der Waals surface area contributed by atoms with E-state index in [4.69, 9.17) is 25.8 Å². The third-order valence-corrected chi connectivity index (χ3v) is 3.84. The highest BCUT2D eigenvalue weighted by molar-refractivity contribution is 6.30. The number of ether oxygens (including phenoxy) is 3. The summed E-state index contributed by atoms with van der Waals surface area (Å²) in [6.45, 7) is 0. The van der Waals surface area contributed by atoms with Crippen molar-refractivity contribution >= 4 is 29.4 Å². The van der Waals surface area contributed by atoms with E-state index in [1.807, 2.05) is 12.1 Å². The maximum Gasteiger partial charge on any atom is 0.343 e. The van der Waals surface area contributed by atoms with Crippen molar-refractivity contribution in [2.45, 2.75) is 0 Å². The van der Waals surface area contributed by atoms with E-state index in [0.29, 0.717) is 33.4 Å². The molecule has 0 saturated carbocycles. The molecule has 0 saturated heterocycles. The largest absolute Gasteiger partial charge is 0.497 e. The molecular formula is C19H15ClO4. The summed E-state index contributed by atoms with van der Waals surface area (Å²) in [7, 11) is 3.14. The zero-order valence-corrected chi connectivity index (χ0v) is 14.0. The first-order valence-electron chi connectivity index (χ1n) is 7.24. The smallest absolute Gasteiger partial charge is 0.343 e. The second kappa shape index (κ2) is 6.81. The molecule has 2 aromatic rings. The van der Waals surface area contributed by atoms with Gasteiger partial charge in [-0.25, -0.2) is 4.79 Å². The predicted molar refractivity (Wildman–Crippen MR) is 93.0 cm³/mol. The van der Waals surface area contributed by atoms with E-state index in [1.165, 1.54) is 0 Å². The van der Waals surface area contributed by atoms with Gasteiger partial charge in [0, 0.05) is 5.02 Å². The molecule has 0 amide bonds. The van der Waals surface area contributed by atoms with Crippen LogP contribution in [0.25, 0.3) is 11.8 Å². The number of halogens is 1. The van der Waals surface area contributed by atoms with Crippen LogP contribution in [0.1, 0.15) is 11.1 Å². The van der Waals surface area contributed by atoms with Gasteiger partial charge in [0.25, 0.3) is 0 Å². The Balaban J connectivity index is 1.98. The van der Waals surface area contributed by atoms with E-state index >= 15 is 0 Å². The molecule has 0 atom stereocenters. The van der Waals surface area contributed by atoms with Crippen molar-refractivity contribution in [2.24, 2.45) is 0 Å². The van der Waals surface area contributed by atoms with Crippen LogP contribution in [0.15, 0.2) is 54.1 Å². The fraction of sp³-hybridized carbons (Fsp3) is 0.105. The third kappa shape index (κ3) is 3.29. The number of hydrogen-bond donors (Lipinski definition) is 0. The minimum atomic E-state index is -0.412. The van der Waals surface area contributed by atoms with Gasteiger partial charge in [-0.3, -0.25) is 0 Å². The SMILES string of the molecule is COc1ccc(OC)c(C2=CC(=Cc3ccc(Cl)cc3)C(=O)O2)c1. The predicted octanol–water partition coefficient (Wildman–Crippen LogP) is 4.34. The van der Waals surface area contributed by atoms with Crippen LogP contribution in [0, 0.1) is 0 Å². The molecule has 0 N–H and O–H groups in total. The van der Waals surface area contributed by atoms with Crippen LogP contribution >= 0.6 is 11.6 Å². The normalized spacial score (nSPS) is 15.2. The molecule has 0 bridgehead atoms. The summed E-state index contributed by atoms with van der Waals surface area (Å²) in [4.78, 5) is 12.1. The van der Waals surface area contributed by atoms with Gasteiger partial charge in [0.1, 0.15) is 17.3 Å². The van der Waals surface area contributed by atoms with E-state index in [9.17, 15) is 4.79 Å². The van der Waals surface area contributed by atoms with Crippen LogP contribution in [-0.4, -0.2) is 20.2 Å². The lowest BCUT2D eigenvalue weighted by Gasteiger charge is -2.10. The van der Waals surface area contributed by atoms with E-state index < -0.39 is 5.97 Å². The summed E-state index contributed by atoms with van der Waals surface area (Å²) >= 11 is 5.87. The number of benzene rings is 2. The topological polar surface area (TPSA) is 44.8 Å². The van der Waals surface area contributed by atoms with Crippen molar-refractivity contribution in [3.8, 4) is 11.5 Å². The molecule has 0 aliphatic carbocycles. The zero-order chi connectivity index (χ0) is 17.1. The molecule has 24 heavy (non-hydrogen) atoms. The number of cyclic esters (lactones) is 1. The first-order chi connectivity index (χ1) is 11.6. The number of rotatable bonds is 4. The average Bonchev–Trinajstić information content (AvgIpc) is 2.97. The summed E-state index contributed by atoms with van der Waals surface area (Å²) in [5.74, 6) is 1.27. The molecule has 122 valence electrons. The molecule has 0 fully saturated rings. The zero-order valence-electron chi connectivity index (χ0n) is 13.2. The Bertz CT molecular complexity index is 835. The maximum absolute atomic E-state index is 12.1. The van der Waals surface area contributed by atoms with Gasteiger partial charge in [0.15, 0.2) is 0 Å². The van der Waals surface area contributed by atoms with Gasteiger partial charge in [-0.15, -0.1) is 0 Å². The molecule has 2 aromatic carbocycles. The minimum absolute atomic E-state index is 0.412. The van der Waals surface area contributed by atoms with Crippen LogP contribution < -0.4 is 9.47 Å². The van der Waals surface area contributed by atoms with Crippen LogP contribution in [0.3, 0.4) is 0 Å². The third-order valence-electron chi connectivity index (χ3n) is 3.59. The van der Waals surface area contributed by atoms with Crippen molar-refractivity contribution in [2.75, 3.05) is 14.2 Å². The fourth-order valence-electron chi connectivity index (χ4n) is 2.37. The molecule has 3 rings (SSSR count). The second-order valence-electron chi connectivity index (χ2n) is 5.12. The van der Waals surface area contributed by atoms with Gasteiger partial charge in [-0.2, -0.15) is 0 Å². The van der Waals surface area contributed by atoms with Crippen molar-refractivity contribution < 1.29 is 19.0 Å². The first-order valence-corrected chi connectivity index (χ1v) is 7.62. The van der Waals surface area contributed by atoms with E-state index in [-0.39, 0.29) is 0 Å². The van der Waals surface area contributed by atoms with Crippen molar-refractivity contribution in [1.29, 1.82) is 0 Å². The van der Waals surface area contributed by atoms with Gasteiger partial charge >= 0.3 is 5.97 Å². The molecule has 1 aliphatic heterocycles. The lowest BCUT2D eigenvalue weighted by atomic mass is 10.1. The molecule has 5 heteroatoms. The molecule has 1 heterocycles. The fourth-order valence-corrected chi connectivity index (χ4v) is 2.49. The quantitative estimate of drug-likeness (QED) is 0.612. The van der Waals surface area contributed by atoms with Gasteiger partial charge in [0.05, 0.1) is 25.4 Å². The summed E-state index contributed by atoms with van der Waals surface area (Å²) in [6.07, 6.45) is 3.44. The van der Waals surface area contributed by atoms with Gasteiger partial charge in [-0.05, 0) is 48.0 Å². The Morgan fingerprint density at radius 2 is 1.79 bits per heavy atom. The summed E-state index contributed by atoms with van der Waals surface area (Å²) in [5.41, 5.74) is 1.98. The Hall–Kier alpha value is -2.72. The highest BCUT2D eigenvalue weighted by Gasteiger charge is 2.24. The van der Waals surface area contributed by atoms with Gasteiger partial charge < -0.3 is 14.2 Å².